The summed E-state index contributed by atoms with van der Waals surface area (Å²) in [4.78, 5) is 62.2. The minimum atomic E-state index is -1.41. The molecular formula is C16H17NO10. The van der Waals surface area contributed by atoms with Crippen molar-refractivity contribution in [2.45, 2.75) is 18.8 Å². The highest BCUT2D eigenvalue weighted by Crippen LogP contribution is 2.31. The van der Waals surface area contributed by atoms with E-state index in [0.29, 0.717) is 0 Å². The van der Waals surface area contributed by atoms with E-state index in [-0.39, 0.29) is 23.0 Å². The maximum atomic E-state index is 11.9. The van der Waals surface area contributed by atoms with Crippen molar-refractivity contribution in [2.24, 2.45) is 0 Å². The van der Waals surface area contributed by atoms with Crippen molar-refractivity contribution in [1.29, 1.82) is 0 Å². The fraction of sp³-hybridized carbons (Fsp3) is 0.375. The Morgan fingerprint density at radius 2 is 1.44 bits per heavy atom. The van der Waals surface area contributed by atoms with Gasteiger partial charge in [0, 0.05) is 11.6 Å². The molecular weight excluding hydrogens is 366 g/mol. The summed E-state index contributed by atoms with van der Waals surface area (Å²) in [5.74, 6) is -4.83. The van der Waals surface area contributed by atoms with E-state index in [9.17, 15) is 24.5 Å². The number of carbonyl (C=O) groups excluding carboxylic acids is 5. The molecule has 0 amide bonds. The highest BCUT2D eigenvalue weighted by Gasteiger charge is 2.33. The first-order valence-corrected chi connectivity index (χ1v) is 7.21. The van der Waals surface area contributed by atoms with Crippen LogP contribution in [0.2, 0.25) is 0 Å². The topological polar surface area (TPSA) is 156 Å². The average Bonchev–Trinajstić information content (AvgIpc) is 2.66. The second kappa shape index (κ2) is 11.1. The van der Waals surface area contributed by atoms with Crippen molar-refractivity contribution >= 4 is 29.7 Å². The summed E-state index contributed by atoms with van der Waals surface area (Å²) in [5.41, 5.74) is -0.197. The number of rotatable bonds is 6. The van der Waals surface area contributed by atoms with Crippen LogP contribution in [0.3, 0.4) is 0 Å². The van der Waals surface area contributed by atoms with Crippen LogP contribution in [-0.2, 0) is 38.2 Å². The number of nitro groups is 1. The summed E-state index contributed by atoms with van der Waals surface area (Å²) < 4.78 is 13.7. The Bertz CT molecular complexity index is 736. The van der Waals surface area contributed by atoms with Crippen LogP contribution in [0, 0.1) is 10.1 Å². The van der Waals surface area contributed by atoms with Gasteiger partial charge in [0.25, 0.3) is 5.69 Å². The number of esters is 3. The van der Waals surface area contributed by atoms with Crippen LogP contribution in [0.25, 0.3) is 0 Å². The maximum absolute atomic E-state index is 11.9. The van der Waals surface area contributed by atoms with Gasteiger partial charge in [0.1, 0.15) is 0 Å². The van der Waals surface area contributed by atoms with Crippen molar-refractivity contribution in [3.8, 4) is 0 Å². The van der Waals surface area contributed by atoms with E-state index >= 15 is 0 Å². The van der Waals surface area contributed by atoms with Gasteiger partial charge in [0.05, 0.1) is 32.2 Å². The molecule has 0 spiro atoms. The lowest BCUT2D eigenvalue weighted by Crippen LogP contribution is -2.25. The minimum absolute atomic E-state index is 0.0159. The molecule has 27 heavy (non-hydrogen) atoms. The predicted molar refractivity (Wildman–Crippen MR) is 85.3 cm³/mol. The van der Waals surface area contributed by atoms with Crippen LogP contribution < -0.4 is 0 Å². The average molecular weight is 383 g/mol. The molecule has 0 bridgehead atoms. The molecule has 1 aromatic carbocycles. The summed E-state index contributed by atoms with van der Waals surface area (Å²) in [6.07, 6.45) is 0.250. The normalized spacial score (nSPS) is 10.6. The van der Waals surface area contributed by atoms with Gasteiger partial charge in [-0.25, -0.2) is 0 Å². The Hall–Kier alpha value is -3.59. The van der Waals surface area contributed by atoms with Crippen LogP contribution >= 0.6 is 0 Å². The molecule has 0 radical (unpaired) electrons. The van der Waals surface area contributed by atoms with E-state index in [0.717, 1.165) is 27.4 Å². The highest BCUT2D eigenvalue weighted by atomic mass is 16.6. The molecule has 1 atom stereocenters. The molecule has 1 aromatic rings. The van der Waals surface area contributed by atoms with E-state index in [4.69, 9.17) is 9.59 Å². The van der Waals surface area contributed by atoms with Crippen molar-refractivity contribution < 1.29 is 43.1 Å². The highest BCUT2D eigenvalue weighted by molar-refractivity contribution is 6.01. The summed E-state index contributed by atoms with van der Waals surface area (Å²) in [6, 6.07) is 3.59. The summed E-state index contributed by atoms with van der Waals surface area (Å²) in [5, 5.41) is 11.2. The predicted octanol–water partition coefficient (Wildman–Crippen LogP) is 0.717. The van der Waals surface area contributed by atoms with Crippen molar-refractivity contribution in [1.82, 2.24) is 0 Å². The van der Waals surface area contributed by atoms with Gasteiger partial charge in [-0.3, -0.25) is 24.5 Å². The van der Waals surface area contributed by atoms with E-state index in [1.165, 1.54) is 19.1 Å². The zero-order valence-electron chi connectivity index (χ0n) is 14.9. The van der Waals surface area contributed by atoms with E-state index < -0.39 is 34.7 Å². The van der Waals surface area contributed by atoms with Gasteiger partial charge < -0.3 is 14.2 Å². The van der Waals surface area contributed by atoms with Gasteiger partial charge in [-0.2, -0.15) is 9.59 Å². The maximum Gasteiger partial charge on any atom is 0.373 e. The molecule has 0 aliphatic heterocycles. The molecule has 0 aliphatic rings. The molecule has 0 aliphatic carbocycles. The van der Waals surface area contributed by atoms with Gasteiger partial charge in [0.15, 0.2) is 5.92 Å². The molecule has 0 saturated heterocycles. The molecule has 0 fully saturated rings. The third-order valence-electron chi connectivity index (χ3n) is 3.48. The lowest BCUT2D eigenvalue weighted by Gasteiger charge is -2.16. The molecule has 1 rings (SSSR count). The Morgan fingerprint density at radius 1 is 1.00 bits per heavy atom. The molecule has 146 valence electrons. The summed E-state index contributed by atoms with van der Waals surface area (Å²) in [7, 11) is 3.35. The Morgan fingerprint density at radius 3 is 1.81 bits per heavy atom. The van der Waals surface area contributed by atoms with E-state index in [1.54, 1.807) is 0 Å². The SMILES string of the molecule is COC(=O)C(C)c1cc(C(C(=O)OC)C(=O)OC)ccc1[N+](=O)[O-].O=C=O. The van der Waals surface area contributed by atoms with E-state index in [2.05, 4.69) is 14.2 Å². The molecule has 11 heteroatoms. The number of nitro benzene ring substituents is 1. The van der Waals surface area contributed by atoms with Crippen molar-refractivity contribution in [2.75, 3.05) is 21.3 Å². The molecule has 1 unspecified atom stereocenters. The lowest BCUT2D eigenvalue weighted by atomic mass is 9.91. The standard InChI is InChI=1S/C15H17NO8.CO2/c1-8(13(17)22-2)10-7-9(5-6-11(10)16(20)21)12(14(18)23-3)15(19)24-4;2-1-3/h5-8,12H,1-4H3;. The number of ether oxygens (including phenoxy) is 3. The number of carbonyl (C=O) groups is 3. The van der Waals surface area contributed by atoms with Crippen LogP contribution in [0.15, 0.2) is 18.2 Å². The number of hydrogen-bond acceptors (Lipinski definition) is 10. The third kappa shape index (κ3) is 6.01. The van der Waals surface area contributed by atoms with Gasteiger partial charge in [0.2, 0.25) is 0 Å². The molecule has 0 saturated carbocycles. The number of hydrogen-bond donors (Lipinski definition) is 0. The number of benzene rings is 1. The van der Waals surface area contributed by atoms with Crippen molar-refractivity contribution in [3.63, 3.8) is 0 Å². The Labute approximate surface area is 153 Å². The summed E-state index contributed by atoms with van der Waals surface area (Å²) >= 11 is 0. The first-order chi connectivity index (χ1) is 12.7. The molecule has 0 heterocycles. The lowest BCUT2D eigenvalue weighted by molar-refractivity contribution is -0.385. The molecule has 0 aromatic heterocycles. The fourth-order valence-corrected chi connectivity index (χ4v) is 2.17. The first kappa shape index (κ1) is 23.4. The fourth-order valence-electron chi connectivity index (χ4n) is 2.17. The number of methoxy groups -OCH3 is 3. The number of nitrogens with zero attached hydrogens (tertiary/aromatic N) is 1. The third-order valence-corrected chi connectivity index (χ3v) is 3.48. The quantitative estimate of drug-likeness (QED) is 0.225. The van der Waals surface area contributed by atoms with Crippen LogP contribution in [0.1, 0.15) is 29.9 Å². The monoisotopic (exact) mass is 383 g/mol. The van der Waals surface area contributed by atoms with Gasteiger partial charge in [-0.15, -0.1) is 0 Å². The minimum Gasteiger partial charge on any atom is -0.469 e. The zero-order valence-corrected chi connectivity index (χ0v) is 14.9. The van der Waals surface area contributed by atoms with Gasteiger partial charge in [-0.05, 0) is 18.6 Å². The Kier molecular flexibility index (Phi) is 9.63. The van der Waals surface area contributed by atoms with Crippen molar-refractivity contribution in [3.05, 3.63) is 39.4 Å². The second-order valence-corrected chi connectivity index (χ2v) is 4.88. The molecule has 11 nitrogen and oxygen atoms in total. The zero-order chi connectivity index (χ0) is 21.1. The van der Waals surface area contributed by atoms with Crippen LogP contribution in [0.4, 0.5) is 5.69 Å². The Balaban J connectivity index is 0.00000210. The first-order valence-electron chi connectivity index (χ1n) is 7.21. The van der Waals surface area contributed by atoms with Crippen LogP contribution in [0.5, 0.6) is 0 Å². The van der Waals surface area contributed by atoms with Gasteiger partial charge >= 0.3 is 24.1 Å². The summed E-state index contributed by atoms with van der Waals surface area (Å²) in [6.45, 7) is 1.42. The van der Waals surface area contributed by atoms with Crippen LogP contribution in [-0.4, -0.2) is 50.3 Å². The second-order valence-electron chi connectivity index (χ2n) is 4.88. The smallest absolute Gasteiger partial charge is 0.373 e. The van der Waals surface area contributed by atoms with Gasteiger partial charge in [-0.1, -0.05) is 6.07 Å². The molecule has 0 N–H and O–H groups in total. The largest absolute Gasteiger partial charge is 0.469 e. The van der Waals surface area contributed by atoms with E-state index in [1.807, 2.05) is 0 Å².